The number of amides is 1. The van der Waals surface area contributed by atoms with Gasteiger partial charge in [0.1, 0.15) is 6.67 Å². The van der Waals surface area contributed by atoms with Crippen molar-refractivity contribution in [2.75, 3.05) is 12.4 Å². The molecule has 0 radical (unpaired) electrons. The van der Waals surface area contributed by atoms with Gasteiger partial charge in [0.05, 0.1) is 64.2 Å². The zero-order valence-corrected chi connectivity index (χ0v) is 19.4. The Morgan fingerprint density at radius 2 is 2.14 bits per heavy atom. The highest BCUT2D eigenvalue weighted by atomic mass is 35.5. The predicted octanol–water partition coefficient (Wildman–Crippen LogP) is 4.34. The fourth-order valence-electron chi connectivity index (χ4n) is 3.51. The van der Waals surface area contributed by atoms with E-state index in [9.17, 15) is 9.18 Å². The zero-order chi connectivity index (χ0) is 24.9. The maximum absolute atomic E-state index is 14.1. The Balaban J connectivity index is 1.63. The number of nitrogens with zero attached hydrogens (tertiary/aromatic N) is 7. The van der Waals surface area contributed by atoms with Crippen LogP contribution in [0.3, 0.4) is 0 Å². The highest BCUT2D eigenvalue weighted by Crippen LogP contribution is 2.29. The van der Waals surface area contributed by atoms with Crippen molar-refractivity contribution in [1.29, 1.82) is 0 Å². The Morgan fingerprint density at radius 1 is 1.31 bits per heavy atom. The van der Waals surface area contributed by atoms with Gasteiger partial charge in [0, 0.05) is 12.7 Å². The van der Waals surface area contributed by atoms with Crippen molar-refractivity contribution in [3.05, 3.63) is 77.0 Å². The minimum absolute atomic E-state index is 0.0540. The number of aliphatic imine (C=N–C) groups is 1. The average molecular weight is 495 g/mol. The lowest BCUT2D eigenvalue weighted by molar-refractivity contribution is 0.102. The average Bonchev–Trinajstić information content (AvgIpc) is 3.50. The molecule has 0 aliphatic rings. The molecule has 1 aromatic carbocycles. The molecule has 0 atom stereocenters. The van der Waals surface area contributed by atoms with Crippen molar-refractivity contribution in [2.45, 2.75) is 13.3 Å². The zero-order valence-electron chi connectivity index (χ0n) is 18.7. The quantitative estimate of drug-likeness (QED) is 0.346. The van der Waals surface area contributed by atoms with Gasteiger partial charge in [-0.25, -0.2) is 14.1 Å². The van der Waals surface area contributed by atoms with Gasteiger partial charge in [0.15, 0.2) is 5.82 Å². The van der Waals surface area contributed by atoms with Gasteiger partial charge in [0.2, 0.25) is 0 Å². The number of ether oxygens (including phenoxy) is 1. The molecule has 0 fully saturated rings. The number of benzene rings is 1. The second kappa shape index (κ2) is 10.4. The van der Waals surface area contributed by atoms with Crippen LogP contribution < -0.4 is 5.32 Å². The number of halogens is 2. The van der Waals surface area contributed by atoms with Crippen LogP contribution >= 0.6 is 11.6 Å². The highest BCUT2D eigenvalue weighted by molar-refractivity contribution is 6.32. The van der Waals surface area contributed by atoms with Gasteiger partial charge in [-0.3, -0.25) is 9.79 Å². The van der Waals surface area contributed by atoms with Gasteiger partial charge >= 0.3 is 0 Å². The van der Waals surface area contributed by atoms with Crippen LogP contribution in [0, 0.1) is 0 Å². The first-order valence-electron chi connectivity index (χ1n) is 10.2. The van der Waals surface area contributed by atoms with E-state index in [0.29, 0.717) is 34.1 Å². The lowest BCUT2D eigenvalue weighted by Gasteiger charge is -2.12. The van der Waals surface area contributed by atoms with Crippen LogP contribution in [-0.2, 0) is 18.0 Å². The summed E-state index contributed by atoms with van der Waals surface area (Å²) >= 11 is 6.38. The third-order valence-electron chi connectivity index (χ3n) is 5.10. The molecule has 12 heteroatoms. The van der Waals surface area contributed by atoms with E-state index in [4.69, 9.17) is 16.3 Å². The number of hydrogen-bond donors (Lipinski definition) is 1. The number of hydrogen-bond acceptors (Lipinski definition) is 7. The molecule has 1 N–H and O–H groups in total. The molecule has 0 unspecified atom stereocenters. The van der Waals surface area contributed by atoms with Gasteiger partial charge in [-0.05, 0) is 24.9 Å². The SMILES string of the molecule is C=Cc1c(N=C)cccc1-n1ncc(C(=O)Nc2cnc(-n3nncc3COC)c(Cl)c2)c1CF. The first kappa shape index (κ1) is 23.9. The Kier molecular flexibility index (Phi) is 7.09. The molecule has 0 saturated carbocycles. The standard InChI is InChI=1S/C23H20ClFN8O2/c1-4-16-19(26-2)6-5-7-20(16)33-21(9-25)17(12-29-33)23(34)30-14-8-18(24)22(27-10-14)32-15(13-35-3)11-28-31-32/h4-8,10-12H,1-2,9,13H2,3H3,(H,30,34). The number of nitrogens with one attached hydrogen (secondary N) is 1. The molecule has 4 aromatic rings. The van der Waals surface area contributed by atoms with E-state index < -0.39 is 12.6 Å². The number of carbonyl (C=O) groups is 1. The first-order valence-corrected chi connectivity index (χ1v) is 10.6. The molecule has 10 nitrogen and oxygen atoms in total. The molecule has 35 heavy (non-hydrogen) atoms. The molecule has 178 valence electrons. The number of carbonyl (C=O) groups excluding carboxylic acids is 1. The van der Waals surface area contributed by atoms with Crippen molar-refractivity contribution in [2.24, 2.45) is 4.99 Å². The normalized spacial score (nSPS) is 10.8. The Hall–Kier alpha value is -4.22. The smallest absolute Gasteiger partial charge is 0.259 e. The third kappa shape index (κ3) is 4.59. The molecular weight excluding hydrogens is 475 g/mol. The summed E-state index contributed by atoms with van der Waals surface area (Å²) in [6.45, 7) is 6.66. The molecule has 0 bridgehead atoms. The van der Waals surface area contributed by atoms with Crippen LogP contribution in [0.5, 0.6) is 0 Å². The third-order valence-corrected chi connectivity index (χ3v) is 5.37. The maximum Gasteiger partial charge on any atom is 0.259 e. The molecule has 0 saturated heterocycles. The second-order valence-electron chi connectivity index (χ2n) is 7.18. The van der Waals surface area contributed by atoms with Gasteiger partial charge in [-0.2, -0.15) is 9.78 Å². The van der Waals surface area contributed by atoms with E-state index in [1.807, 2.05) is 0 Å². The highest BCUT2D eigenvalue weighted by Gasteiger charge is 2.21. The van der Waals surface area contributed by atoms with E-state index in [2.05, 4.69) is 44.0 Å². The fourth-order valence-corrected chi connectivity index (χ4v) is 3.75. The second-order valence-corrected chi connectivity index (χ2v) is 7.58. The molecule has 3 aromatic heterocycles. The number of pyridine rings is 1. The minimum atomic E-state index is -0.933. The topological polar surface area (TPSA) is 112 Å². The van der Waals surface area contributed by atoms with Crippen LogP contribution in [0.2, 0.25) is 5.02 Å². The predicted molar refractivity (Wildman–Crippen MR) is 131 cm³/mol. The lowest BCUT2D eigenvalue weighted by atomic mass is 10.1. The first-order chi connectivity index (χ1) is 17.0. The summed E-state index contributed by atoms with van der Waals surface area (Å²) in [6.07, 6.45) is 5.81. The number of aromatic nitrogens is 6. The summed E-state index contributed by atoms with van der Waals surface area (Å²) in [6, 6.07) is 6.72. The molecular formula is C23H20ClFN8O2. The Labute approximate surface area is 204 Å². The summed E-state index contributed by atoms with van der Waals surface area (Å²) in [5.74, 6) is -0.257. The summed E-state index contributed by atoms with van der Waals surface area (Å²) in [4.78, 5) is 21.2. The summed E-state index contributed by atoms with van der Waals surface area (Å²) in [5, 5.41) is 14.9. The Morgan fingerprint density at radius 3 is 2.83 bits per heavy atom. The number of anilines is 1. The van der Waals surface area contributed by atoms with E-state index in [-0.39, 0.29) is 22.9 Å². The van der Waals surface area contributed by atoms with Gasteiger partial charge in [-0.1, -0.05) is 35.5 Å². The summed E-state index contributed by atoms with van der Waals surface area (Å²) in [7, 11) is 1.55. The molecule has 0 aliphatic carbocycles. The summed E-state index contributed by atoms with van der Waals surface area (Å²) < 4.78 is 22.0. The molecule has 1 amide bonds. The molecule has 4 rings (SSSR count). The lowest BCUT2D eigenvalue weighted by Crippen LogP contribution is -2.15. The van der Waals surface area contributed by atoms with Crippen molar-refractivity contribution in [3.63, 3.8) is 0 Å². The van der Waals surface area contributed by atoms with E-state index >= 15 is 0 Å². The molecule has 3 heterocycles. The van der Waals surface area contributed by atoms with E-state index in [1.54, 1.807) is 31.4 Å². The van der Waals surface area contributed by atoms with Crippen LogP contribution in [0.25, 0.3) is 17.6 Å². The van der Waals surface area contributed by atoms with Crippen molar-refractivity contribution in [3.8, 4) is 11.5 Å². The monoisotopic (exact) mass is 494 g/mol. The van der Waals surface area contributed by atoms with Crippen molar-refractivity contribution < 1.29 is 13.9 Å². The van der Waals surface area contributed by atoms with Crippen molar-refractivity contribution >= 4 is 41.7 Å². The van der Waals surface area contributed by atoms with Crippen LogP contribution in [0.1, 0.15) is 27.3 Å². The van der Waals surface area contributed by atoms with Crippen LogP contribution in [0.15, 0.2) is 54.4 Å². The van der Waals surface area contributed by atoms with Gasteiger partial charge in [0.25, 0.3) is 5.91 Å². The van der Waals surface area contributed by atoms with Gasteiger partial charge < -0.3 is 10.1 Å². The van der Waals surface area contributed by atoms with Crippen molar-refractivity contribution in [1.82, 2.24) is 29.8 Å². The number of methoxy groups -OCH3 is 1. The fraction of sp³-hybridized carbons (Fsp3) is 0.130. The van der Waals surface area contributed by atoms with Gasteiger partial charge in [-0.15, -0.1) is 5.10 Å². The Bertz CT molecular complexity index is 1410. The molecule has 0 aliphatic heterocycles. The maximum atomic E-state index is 14.1. The van der Waals surface area contributed by atoms with E-state index in [1.165, 1.54) is 34.0 Å². The van der Waals surface area contributed by atoms with Crippen LogP contribution in [-0.4, -0.2) is 49.5 Å². The molecule has 0 spiro atoms. The van der Waals surface area contributed by atoms with Crippen LogP contribution in [0.4, 0.5) is 15.8 Å². The largest absolute Gasteiger partial charge is 0.378 e. The number of rotatable bonds is 9. The number of alkyl halides is 1. The summed E-state index contributed by atoms with van der Waals surface area (Å²) in [5.41, 5.74) is 2.76. The minimum Gasteiger partial charge on any atom is -0.378 e. The van der Waals surface area contributed by atoms with E-state index in [0.717, 1.165) is 0 Å².